The van der Waals surface area contributed by atoms with E-state index >= 15 is 0 Å². The minimum Gasteiger partial charge on any atom is -0.399 e. The monoisotopic (exact) mass is 290 g/mol. The summed E-state index contributed by atoms with van der Waals surface area (Å²) in [4.78, 5) is 2.10. The van der Waals surface area contributed by atoms with Gasteiger partial charge in [-0.3, -0.25) is 4.90 Å². The molecule has 0 unspecified atom stereocenters. The van der Waals surface area contributed by atoms with Crippen LogP contribution in [0.2, 0.25) is 0 Å². The second-order valence-corrected chi connectivity index (χ2v) is 5.19. The Morgan fingerprint density at radius 1 is 1.00 bits per heavy atom. The van der Waals surface area contributed by atoms with Crippen molar-refractivity contribution in [3.8, 4) is 0 Å². The summed E-state index contributed by atoms with van der Waals surface area (Å²) in [5.41, 5.74) is 7.88. The standard InChI is InChI=1S/C17H20F2N2/c1-2-9-21(11-13-3-6-16(20)7-4-13)12-14-10-15(18)5-8-17(14)19/h3-8,10H,2,9,11-12,20H2,1H3. The van der Waals surface area contributed by atoms with Gasteiger partial charge in [0.1, 0.15) is 11.6 Å². The Kier molecular flexibility index (Phi) is 5.28. The van der Waals surface area contributed by atoms with Crippen LogP contribution >= 0.6 is 0 Å². The summed E-state index contributed by atoms with van der Waals surface area (Å²) < 4.78 is 27.0. The van der Waals surface area contributed by atoms with Crippen molar-refractivity contribution in [2.75, 3.05) is 12.3 Å². The number of hydrogen-bond donors (Lipinski definition) is 1. The summed E-state index contributed by atoms with van der Waals surface area (Å²) in [7, 11) is 0. The molecule has 2 N–H and O–H groups in total. The Balaban J connectivity index is 2.11. The first kappa shape index (κ1) is 15.4. The maximum absolute atomic E-state index is 13.8. The van der Waals surface area contributed by atoms with Crippen molar-refractivity contribution >= 4 is 5.69 Å². The van der Waals surface area contributed by atoms with Crippen LogP contribution in [0, 0.1) is 11.6 Å². The van der Waals surface area contributed by atoms with E-state index in [0.29, 0.717) is 18.7 Å². The fourth-order valence-electron chi connectivity index (χ4n) is 2.32. The average molecular weight is 290 g/mol. The zero-order valence-electron chi connectivity index (χ0n) is 12.2. The number of anilines is 1. The number of halogens is 2. The van der Waals surface area contributed by atoms with Gasteiger partial charge in [-0.15, -0.1) is 0 Å². The fourth-order valence-corrected chi connectivity index (χ4v) is 2.32. The predicted octanol–water partition coefficient (Wildman–Crippen LogP) is 3.96. The quantitative estimate of drug-likeness (QED) is 0.816. The Morgan fingerprint density at radius 2 is 1.71 bits per heavy atom. The molecule has 4 heteroatoms. The molecule has 0 fully saturated rings. The molecule has 2 aromatic rings. The lowest BCUT2D eigenvalue weighted by molar-refractivity contribution is 0.253. The zero-order chi connectivity index (χ0) is 15.2. The van der Waals surface area contributed by atoms with E-state index in [9.17, 15) is 8.78 Å². The molecule has 0 aliphatic rings. The van der Waals surface area contributed by atoms with Gasteiger partial charge < -0.3 is 5.73 Å². The van der Waals surface area contributed by atoms with Gasteiger partial charge >= 0.3 is 0 Å². The van der Waals surface area contributed by atoms with Crippen LogP contribution in [0.5, 0.6) is 0 Å². The Morgan fingerprint density at radius 3 is 2.38 bits per heavy atom. The van der Waals surface area contributed by atoms with Gasteiger partial charge in [0.15, 0.2) is 0 Å². The first-order valence-electron chi connectivity index (χ1n) is 7.09. The van der Waals surface area contributed by atoms with Gasteiger partial charge in [-0.2, -0.15) is 0 Å². The van der Waals surface area contributed by atoms with Crippen LogP contribution in [0.25, 0.3) is 0 Å². The lowest BCUT2D eigenvalue weighted by Gasteiger charge is -2.22. The number of nitrogen functional groups attached to an aromatic ring is 1. The molecule has 2 rings (SSSR count). The molecule has 0 saturated heterocycles. The molecule has 0 amide bonds. The van der Waals surface area contributed by atoms with Crippen LogP contribution in [0.1, 0.15) is 24.5 Å². The Hall–Kier alpha value is -1.94. The molecule has 0 spiro atoms. The molecule has 112 valence electrons. The first-order chi connectivity index (χ1) is 10.1. The third-order valence-electron chi connectivity index (χ3n) is 3.33. The van der Waals surface area contributed by atoms with Crippen molar-refractivity contribution in [2.45, 2.75) is 26.4 Å². The van der Waals surface area contributed by atoms with Gasteiger partial charge in [-0.05, 0) is 48.9 Å². The highest BCUT2D eigenvalue weighted by Gasteiger charge is 2.10. The minimum atomic E-state index is -0.407. The topological polar surface area (TPSA) is 29.3 Å². The molecule has 0 aliphatic carbocycles. The molecule has 0 saturated carbocycles. The van der Waals surface area contributed by atoms with E-state index in [0.717, 1.165) is 30.3 Å². The molecule has 2 nitrogen and oxygen atoms in total. The van der Waals surface area contributed by atoms with Crippen LogP contribution < -0.4 is 5.73 Å². The van der Waals surface area contributed by atoms with E-state index in [1.165, 1.54) is 12.1 Å². The summed E-state index contributed by atoms with van der Waals surface area (Å²) in [5.74, 6) is -0.773. The molecule has 0 atom stereocenters. The van der Waals surface area contributed by atoms with Crippen LogP contribution in [0.4, 0.5) is 14.5 Å². The molecular formula is C17H20F2N2. The summed E-state index contributed by atoms with van der Waals surface area (Å²) >= 11 is 0. The number of benzene rings is 2. The molecule has 2 aromatic carbocycles. The first-order valence-corrected chi connectivity index (χ1v) is 7.09. The van der Waals surface area contributed by atoms with Gasteiger partial charge in [0.05, 0.1) is 0 Å². The fraction of sp³-hybridized carbons (Fsp3) is 0.294. The van der Waals surface area contributed by atoms with Gasteiger partial charge in [0.25, 0.3) is 0 Å². The van der Waals surface area contributed by atoms with Crippen LogP contribution in [0.15, 0.2) is 42.5 Å². The predicted molar refractivity (Wildman–Crippen MR) is 81.6 cm³/mol. The van der Waals surface area contributed by atoms with Crippen molar-refractivity contribution in [3.05, 3.63) is 65.2 Å². The average Bonchev–Trinajstić information content (AvgIpc) is 2.45. The Labute approximate surface area is 124 Å². The highest BCUT2D eigenvalue weighted by atomic mass is 19.1. The van der Waals surface area contributed by atoms with E-state index in [1.807, 2.05) is 24.3 Å². The number of nitrogens with zero attached hydrogens (tertiary/aromatic N) is 1. The third kappa shape index (κ3) is 4.53. The van der Waals surface area contributed by atoms with E-state index in [2.05, 4.69) is 11.8 Å². The van der Waals surface area contributed by atoms with Crippen molar-refractivity contribution < 1.29 is 8.78 Å². The Bertz CT molecular complexity index is 582. The van der Waals surface area contributed by atoms with Crippen molar-refractivity contribution in [3.63, 3.8) is 0 Å². The molecule has 0 bridgehead atoms. The third-order valence-corrected chi connectivity index (χ3v) is 3.33. The summed E-state index contributed by atoms with van der Waals surface area (Å²) in [6.45, 7) is 3.96. The lowest BCUT2D eigenvalue weighted by atomic mass is 10.1. The maximum Gasteiger partial charge on any atom is 0.127 e. The minimum absolute atomic E-state index is 0.366. The van der Waals surface area contributed by atoms with Crippen LogP contribution in [0.3, 0.4) is 0 Å². The summed E-state index contributed by atoms with van der Waals surface area (Å²) in [6.07, 6.45) is 0.950. The molecule has 0 aliphatic heterocycles. The van der Waals surface area contributed by atoms with Crippen molar-refractivity contribution in [1.29, 1.82) is 0 Å². The number of nitrogens with two attached hydrogens (primary N) is 1. The lowest BCUT2D eigenvalue weighted by Crippen LogP contribution is -2.24. The van der Waals surface area contributed by atoms with Gasteiger partial charge in [0, 0.05) is 24.3 Å². The highest BCUT2D eigenvalue weighted by Crippen LogP contribution is 2.15. The van der Waals surface area contributed by atoms with E-state index in [-0.39, 0.29) is 5.82 Å². The smallest absolute Gasteiger partial charge is 0.127 e. The summed E-state index contributed by atoms with van der Waals surface area (Å²) in [6, 6.07) is 11.2. The molecule has 21 heavy (non-hydrogen) atoms. The normalized spacial score (nSPS) is 11.0. The van der Waals surface area contributed by atoms with E-state index < -0.39 is 5.82 Å². The van der Waals surface area contributed by atoms with Crippen LogP contribution in [-0.2, 0) is 13.1 Å². The second-order valence-electron chi connectivity index (χ2n) is 5.19. The van der Waals surface area contributed by atoms with Gasteiger partial charge in [0.2, 0.25) is 0 Å². The van der Waals surface area contributed by atoms with Crippen LogP contribution in [-0.4, -0.2) is 11.4 Å². The number of hydrogen-bond acceptors (Lipinski definition) is 2. The highest BCUT2D eigenvalue weighted by molar-refractivity contribution is 5.39. The number of rotatable bonds is 6. The van der Waals surface area contributed by atoms with E-state index in [4.69, 9.17) is 5.73 Å². The molecule has 0 radical (unpaired) electrons. The molecular weight excluding hydrogens is 270 g/mol. The largest absolute Gasteiger partial charge is 0.399 e. The second kappa shape index (κ2) is 7.18. The molecule has 0 aromatic heterocycles. The SMILES string of the molecule is CCCN(Cc1ccc(N)cc1)Cc1cc(F)ccc1F. The summed E-state index contributed by atoms with van der Waals surface area (Å²) in [5, 5.41) is 0. The molecule has 0 heterocycles. The van der Waals surface area contributed by atoms with Gasteiger partial charge in [-0.25, -0.2) is 8.78 Å². The van der Waals surface area contributed by atoms with Crippen molar-refractivity contribution in [1.82, 2.24) is 4.90 Å². The van der Waals surface area contributed by atoms with Gasteiger partial charge in [-0.1, -0.05) is 19.1 Å². The van der Waals surface area contributed by atoms with E-state index in [1.54, 1.807) is 0 Å². The zero-order valence-corrected chi connectivity index (χ0v) is 12.2. The van der Waals surface area contributed by atoms with Crippen molar-refractivity contribution in [2.24, 2.45) is 0 Å². The maximum atomic E-state index is 13.8.